The largest absolute Gasteiger partial charge is 0.480 e. The molecule has 1 aliphatic heterocycles. The number of aromatic amines is 1. The van der Waals surface area contributed by atoms with Gasteiger partial charge in [0.25, 0.3) is 0 Å². The number of aliphatic carboxylic acids is 1. The smallest absolute Gasteiger partial charge is 0.320 e. The minimum Gasteiger partial charge on any atom is -0.480 e. The molecular weight excluding hydrogens is 342 g/mol. The number of ketones is 1. The fourth-order valence-electron chi connectivity index (χ4n) is 3.23. The summed E-state index contributed by atoms with van der Waals surface area (Å²) >= 11 is 0. The van der Waals surface area contributed by atoms with E-state index in [2.05, 4.69) is 28.2 Å². The van der Waals surface area contributed by atoms with Crippen molar-refractivity contribution in [2.45, 2.75) is 24.8 Å². The second kappa shape index (κ2) is 7.55. The first kappa shape index (κ1) is 18.5. The molecule has 2 aromatic carbocycles. The molecule has 0 bridgehead atoms. The number of nitrogens with zero attached hydrogens (tertiary/aromatic N) is 1. The molecule has 6 heteroatoms. The molecule has 0 fully saturated rings. The molecule has 2 unspecified atom stereocenters. The van der Waals surface area contributed by atoms with Crippen molar-refractivity contribution < 1.29 is 14.7 Å². The maximum atomic E-state index is 11.9. The summed E-state index contributed by atoms with van der Waals surface area (Å²) in [4.78, 5) is 30.1. The molecule has 0 spiro atoms. The van der Waals surface area contributed by atoms with Gasteiger partial charge in [0.1, 0.15) is 11.8 Å². The molecule has 138 valence electrons. The quantitative estimate of drug-likeness (QED) is 0.661. The van der Waals surface area contributed by atoms with Crippen LogP contribution in [0.1, 0.15) is 18.9 Å². The Bertz CT molecular complexity index is 978. The molecule has 0 saturated heterocycles. The van der Waals surface area contributed by atoms with Gasteiger partial charge in [-0.05, 0) is 42.5 Å². The topological polar surface area (TPSA) is 109 Å². The first-order valence-corrected chi connectivity index (χ1v) is 8.60. The van der Waals surface area contributed by atoms with Crippen molar-refractivity contribution >= 4 is 34.6 Å². The summed E-state index contributed by atoms with van der Waals surface area (Å²) in [6.45, 7) is 1.43. The number of hydrogen-bond acceptors (Lipinski definition) is 4. The summed E-state index contributed by atoms with van der Waals surface area (Å²) in [7, 11) is 0. The first-order chi connectivity index (χ1) is 12.9. The number of Topliss-reactive ketones (excluding diaryl/α,β-unsaturated/α-hetero) is 1. The van der Waals surface area contributed by atoms with Gasteiger partial charge in [-0.15, -0.1) is 0 Å². The lowest BCUT2D eigenvalue weighted by atomic mass is 9.74. The third-order valence-electron chi connectivity index (χ3n) is 4.76. The Morgan fingerprint density at radius 2 is 1.85 bits per heavy atom. The van der Waals surface area contributed by atoms with Crippen molar-refractivity contribution in [2.24, 2.45) is 10.7 Å². The van der Waals surface area contributed by atoms with E-state index in [9.17, 15) is 9.59 Å². The van der Waals surface area contributed by atoms with Gasteiger partial charge in [0.05, 0.1) is 11.1 Å². The maximum absolute atomic E-state index is 11.9. The molecule has 4 N–H and O–H groups in total. The van der Waals surface area contributed by atoms with E-state index in [1.54, 1.807) is 18.2 Å². The number of carbonyl (C=O) groups is 2. The van der Waals surface area contributed by atoms with Gasteiger partial charge in [-0.25, -0.2) is 0 Å². The Morgan fingerprint density at radius 1 is 1.15 bits per heavy atom. The SMILES string of the molecule is CC(=O)C1(CC(N)C(=O)O)C=Nc2ccccc21.c1ccc2[nH]ccc2c1. The number of aliphatic imine (C=N–C) groups is 1. The van der Waals surface area contributed by atoms with E-state index in [0.29, 0.717) is 5.69 Å². The predicted octanol–water partition coefficient (Wildman–Crippen LogP) is 3.20. The van der Waals surface area contributed by atoms with Crippen molar-refractivity contribution in [2.75, 3.05) is 0 Å². The number of nitrogens with two attached hydrogens (primary N) is 1. The lowest BCUT2D eigenvalue weighted by Crippen LogP contribution is -2.43. The Morgan fingerprint density at radius 3 is 2.56 bits per heavy atom. The average molecular weight is 363 g/mol. The summed E-state index contributed by atoms with van der Waals surface area (Å²) in [5, 5.41) is 10.2. The number of aromatic nitrogens is 1. The van der Waals surface area contributed by atoms with Crippen molar-refractivity contribution in [1.82, 2.24) is 4.98 Å². The average Bonchev–Trinajstić information content (AvgIpc) is 3.28. The molecule has 2 heterocycles. The van der Waals surface area contributed by atoms with Crippen LogP contribution in [0, 0.1) is 0 Å². The van der Waals surface area contributed by atoms with Crippen molar-refractivity contribution in [3.63, 3.8) is 0 Å². The van der Waals surface area contributed by atoms with Crippen LogP contribution < -0.4 is 5.73 Å². The van der Waals surface area contributed by atoms with E-state index in [4.69, 9.17) is 10.8 Å². The summed E-state index contributed by atoms with van der Waals surface area (Å²) in [5.41, 5.74) is 7.19. The van der Waals surface area contributed by atoms with Crippen LogP contribution in [0.2, 0.25) is 0 Å². The number of fused-ring (bicyclic) bond motifs is 2. The van der Waals surface area contributed by atoms with Crippen molar-refractivity contribution in [1.29, 1.82) is 0 Å². The van der Waals surface area contributed by atoms with Gasteiger partial charge < -0.3 is 15.8 Å². The Balaban J connectivity index is 0.000000193. The van der Waals surface area contributed by atoms with Gasteiger partial charge in [0.2, 0.25) is 0 Å². The lowest BCUT2D eigenvalue weighted by Gasteiger charge is -2.26. The minimum atomic E-state index is -1.12. The van der Waals surface area contributed by atoms with Crippen LogP contribution in [-0.2, 0) is 15.0 Å². The highest BCUT2D eigenvalue weighted by Crippen LogP contribution is 2.40. The van der Waals surface area contributed by atoms with Gasteiger partial charge >= 0.3 is 5.97 Å². The van der Waals surface area contributed by atoms with Gasteiger partial charge in [-0.1, -0.05) is 36.4 Å². The number of nitrogens with one attached hydrogen (secondary N) is 1. The van der Waals surface area contributed by atoms with Crippen molar-refractivity contribution in [3.8, 4) is 0 Å². The first-order valence-electron chi connectivity index (χ1n) is 8.60. The molecule has 27 heavy (non-hydrogen) atoms. The number of hydrogen-bond donors (Lipinski definition) is 3. The lowest BCUT2D eigenvalue weighted by molar-refractivity contribution is -0.139. The monoisotopic (exact) mass is 363 g/mol. The molecular formula is C21H21N3O3. The Hall–Kier alpha value is -3.25. The number of para-hydroxylation sites is 2. The summed E-state index contributed by atoms with van der Waals surface area (Å²) in [5.74, 6) is -1.26. The van der Waals surface area contributed by atoms with E-state index in [0.717, 1.165) is 5.56 Å². The molecule has 0 aliphatic carbocycles. The van der Waals surface area contributed by atoms with Crippen LogP contribution in [0.4, 0.5) is 5.69 Å². The van der Waals surface area contributed by atoms with E-state index >= 15 is 0 Å². The third-order valence-corrected chi connectivity index (χ3v) is 4.76. The Kier molecular flexibility index (Phi) is 5.19. The number of H-pyrrole nitrogens is 1. The molecule has 3 aromatic rings. The molecule has 0 radical (unpaired) electrons. The molecule has 1 aromatic heterocycles. The van der Waals surface area contributed by atoms with Gasteiger partial charge in [-0.2, -0.15) is 0 Å². The van der Waals surface area contributed by atoms with Crippen LogP contribution >= 0.6 is 0 Å². The fourth-order valence-corrected chi connectivity index (χ4v) is 3.23. The fraction of sp³-hybridized carbons (Fsp3) is 0.190. The summed E-state index contributed by atoms with van der Waals surface area (Å²) in [6.07, 6.45) is 3.49. The van der Waals surface area contributed by atoms with Crippen LogP contribution in [-0.4, -0.2) is 34.1 Å². The van der Waals surface area contributed by atoms with Gasteiger partial charge in [0.15, 0.2) is 0 Å². The number of carbonyl (C=O) groups excluding carboxylic acids is 1. The Labute approximate surface area is 156 Å². The molecule has 6 nitrogen and oxygen atoms in total. The van der Waals surface area contributed by atoms with Crippen LogP contribution in [0.5, 0.6) is 0 Å². The van der Waals surface area contributed by atoms with E-state index in [1.807, 2.05) is 24.4 Å². The second-order valence-corrected chi connectivity index (χ2v) is 6.52. The molecule has 1 aliphatic rings. The molecule has 0 saturated carbocycles. The van der Waals surface area contributed by atoms with Crippen LogP contribution in [0.15, 0.2) is 65.8 Å². The molecule has 2 atom stereocenters. The highest BCUT2D eigenvalue weighted by molar-refractivity contribution is 6.09. The van der Waals surface area contributed by atoms with Gasteiger partial charge in [-0.3, -0.25) is 14.6 Å². The zero-order chi connectivity index (χ0) is 19.4. The predicted molar refractivity (Wildman–Crippen MR) is 105 cm³/mol. The normalized spacial score (nSPS) is 18.4. The third kappa shape index (κ3) is 3.66. The number of carboxylic acids is 1. The van der Waals surface area contributed by atoms with Crippen LogP contribution in [0.3, 0.4) is 0 Å². The number of carboxylic acid groups (broad SMARTS) is 1. The van der Waals surface area contributed by atoms with E-state index in [1.165, 1.54) is 24.0 Å². The number of benzene rings is 2. The zero-order valence-electron chi connectivity index (χ0n) is 14.9. The van der Waals surface area contributed by atoms with E-state index < -0.39 is 17.4 Å². The maximum Gasteiger partial charge on any atom is 0.320 e. The summed E-state index contributed by atoms with van der Waals surface area (Å²) in [6, 6.07) is 16.4. The molecule has 0 amide bonds. The van der Waals surface area contributed by atoms with Crippen LogP contribution in [0.25, 0.3) is 10.9 Å². The van der Waals surface area contributed by atoms with E-state index in [-0.39, 0.29) is 12.2 Å². The summed E-state index contributed by atoms with van der Waals surface area (Å²) < 4.78 is 0. The highest BCUT2D eigenvalue weighted by Gasteiger charge is 2.43. The highest BCUT2D eigenvalue weighted by atomic mass is 16.4. The number of rotatable bonds is 4. The molecule has 4 rings (SSSR count). The van der Waals surface area contributed by atoms with Gasteiger partial charge in [0, 0.05) is 17.9 Å². The second-order valence-electron chi connectivity index (χ2n) is 6.52. The van der Waals surface area contributed by atoms with Crippen molar-refractivity contribution in [3.05, 3.63) is 66.4 Å². The zero-order valence-corrected chi connectivity index (χ0v) is 14.9. The minimum absolute atomic E-state index is 0.0260. The standard InChI is InChI=1S/C13H14N2O3.C8H7N/c1-8(16)13(6-10(14)12(17)18)7-15-11-5-3-2-4-9(11)13;1-2-4-8-7(3-1)5-6-9-8/h2-5,7,10H,6,14H2,1H3,(H,17,18);1-6,9H.